The molecular weight excluding hydrogens is 444 g/mol. The van der Waals surface area contributed by atoms with Crippen LogP contribution >= 0.6 is 11.3 Å². The highest BCUT2D eigenvalue weighted by Gasteiger charge is 2.25. The van der Waals surface area contributed by atoms with Crippen molar-refractivity contribution >= 4 is 27.2 Å². The molecule has 1 aliphatic carbocycles. The highest BCUT2D eigenvalue weighted by Crippen LogP contribution is 2.34. The van der Waals surface area contributed by atoms with Crippen LogP contribution in [0, 0.1) is 0 Å². The van der Waals surface area contributed by atoms with Crippen LogP contribution in [-0.4, -0.2) is 53.8 Å². The lowest BCUT2D eigenvalue weighted by Gasteiger charge is -2.21. The second kappa shape index (κ2) is 8.56. The molecule has 0 amide bonds. The zero-order valence-corrected chi connectivity index (χ0v) is 20.3. The molecule has 3 aromatic heterocycles. The van der Waals surface area contributed by atoms with Gasteiger partial charge < -0.3 is 14.5 Å². The van der Waals surface area contributed by atoms with E-state index in [1.54, 1.807) is 10.8 Å². The van der Waals surface area contributed by atoms with E-state index in [4.69, 9.17) is 4.74 Å². The number of ether oxygens (including phenoxy) is 1. The van der Waals surface area contributed by atoms with Crippen molar-refractivity contribution in [1.82, 2.24) is 14.5 Å². The number of hydrogen-bond acceptors (Lipinski definition) is 6. The van der Waals surface area contributed by atoms with Gasteiger partial charge in [0.1, 0.15) is 16.3 Å². The average Bonchev–Trinajstić information content (AvgIpc) is 3.34. The minimum Gasteiger partial charge on any atom is -0.490 e. The third-order valence-corrected chi connectivity index (χ3v) is 7.96. The van der Waals surface area contributed by atoms with E-state index in [9.17, 15) is 4.79 Å². The van der Waals surface area contributed by atoms with E-state index in [2.05, 4.69) is 47.1 Å². The first-order valence-corrected chi connectivity index (χ1v) is 12.7. The lowest BCUT2D eigenvalue weighted by molar-refractivity contribution is 0.303. The van der Waals surface area contributed by atoms with E-state index in [1.807, 2.05) is 36.5 Å². The van der Waals surface area contributed by atoms with E-state index in [0.29, 0.717) is 12.1 Å². The Hall–Kier alpha value is -3.16. The number of rotatable bonds is 6. The van der Waals surface area contributed by atoms with Crippen LogP contribution in [0.3, 0.4) is 0 Å². The molecule has 1 saturated carbocycles. The standard InChI is InChI=1S/C27H28N4O2S/c1-29(2)21-12-13-30(17-21)25-10-5-20(16-28-25)31-14-11-19-15-24(34-26(19)27(31)32)18-3-6-22(7-4-18)33-23-8-9-23/h3-7,10-11,14-16,21,23H,8-9,12-13,17H2,1-2H3/t21-/m0/s1. The smallest absolute Gasteiger partial charge is 0.273 e. The molecule has 1 aliphatic heterocycles. The Balaban J connectivity index is 1.25. The maximum absolute atomic E-state index is 13.3. The zero-order valence-electron chi connectivity index (χ0n) is 19.5. The molecule has 2 fully saturated rings. The molecule has 1 saturated heterocycles. The first kappa shape index (κ1) is 21.4. The SMILES string of the molecule is CN(C)[C@H]1CCN(c2ccc(-n3ccc4cc(-c5ccc(OC6CC6)cc5)sc4c3=O)cn2)C1. The van der Waals surface area contributed by atoms with Gasteiger partial charge in [0.25, 0.3) is 5.56 Å². The fourth-order valence-corrected chi connectivity index (χ4v) is 5.62. The lowest BCUT2D eigenvalue weighted by Crippen LogP contribution is -2.31. The fourth-order valence-electron chi connectivity index (χ4n) is 4.53. The number of nitrogens with zero attached hydrogens (tertiary/aromatic N) is 4. The number of hydrogen-bond donors (Lipinski definition) is 0. The Labute approximate surface area is 203 Å². The van der Waals surface area contributed by atoms with Crippen LogP contribution in [0.1, 0.15) is 19.3 Å². The van der Waals surface area contributed by atoms with E-state index >= 15 is 0 Å². The van der Waals surface area contributed by atoms with Crippen LogP contribution in [0.2, 0.25) is 0 Å². The number of pyridine rings is 2. The topological polar surface area (TPSA) is 50.6 Å². The van der Waals surface area contributed by atoms with E-state index in [0.717, 1.165) is 70.1 Å². The molecule has 1 aromatic carbocycles. The maximum atomic E-state index is 13.3. The summed E-state index contributed by atoms with van der Waals surface area (Å²) in [6.07, 6.45) is 7.49. The van der Waals surface area contributed by atoms with Gasteiger partial charge in [-0.1, -0.05) is 0 Å². The van der Waals surface area contributed by atoms with Gasteiger partial charge in [-0.05, 0) is 87.5 Å². The lowest BCUT2D eigenvalue weighted by atomic mass is 10.1. The molecule has 1 atom stereocenters. The molecule has 6 nitrogen and oxygen atoms in total. The van der Waals surface area contributed by atoms with Gasteiger partial charge in [0.15, 0.2) is 0 Å². The minimum atomic E-state index is -0.00849. The molecule has 6 rings (SSSR count). The molecule has 34 heavy (non-hydrogen) atoms. The summed E-state index contributed by atoms with van der Waals surface area (Å²) in [4.78, 5) is 23.7. The van der Waals surface area contributed by atoms with Gasteiger partial charge in [-0.2, -0.15) is 0 Å². The van der Waals surface area contributed by atoms with Crippen molar-refractivity contribution in [3.8, 4) is 21.9 Å². The molecule has 4 heterocycles. The van der Waals surface area contributed by atoms with E-state index in [-0.39, 0.29) is 5.56 Å². The number of thiophene rings is 1. The summed E-state index contributed by atoms with van der Waals surface area (Å²) >= 11 is 1.54. The van der Waals surface area contributed by atoms with Crippen molar-refractivity contribution in [3.63, 3.8) is 0 Å². The average molecular weight is 473 g/mol. The normalized spacial score (nSPS) is 18.2. The molecule has 0 unspecified atom stereocenters. The second-order valence-corrected chi connectivity index (χ2v) is 10.5. The third-order valence-electron chi connectivity index (χ3n) is 6.77. The predicted molar refractivity (Wildman–Crippen MR) is 139 cm³/mol. The van der Waals surface area contributed by atoms with Crippen molar-refractivity contribution in [2.24, 2.45) is 0 Å². The van der Waals surface area contributed by atoms with Crippen LogP contribution in [0.4, 0.5) is 5.82 Å². The van der Waals surface area contributed by atoms with Gasteiger partial charge in [0, 0.05) is 35.6 Å². The molecule has 2 aliphatic rings. The van der Waals surface area contributed by atoms with Gasteiger partial charge in [-0.3, -0.25) is 9.36 Å². The van der Waals surface area contributed by atoms with Crippen LogP contribution in [0.15, 0.2) is 65.7 Å². The Morgan fingerprint density at radius 2 is 1.88 bits per heavy atom. The third kappa shape index (κ3) is 4.10. The molecule has 0 bridgehead atoms. The van der Waals surface area contributed by atoms with Crippen LogP contribution in [0.25, 0.3) is 26.2 Å². The van der Waals surface area contributed by atoms with Crippen LogP contribution in [0.5, 0.6) is 5.75 Å². The summed E-state index contributed by atoms with van der Waals surface area (Å²) < 4.78 is 8.31. The van der Waals surface area contributed by atoms with Crippen LogP contribution < -0.4 is 15.2 Å². The number of benzene rings is 1. The number of aromatic nitrogens is 2. The first-order chi connectivity index (χ1) is 16.5. The molecule has 4 aromatic rings. The predicted octanol–water partition coefficient (Wildman–Crippen LogP) is 4.80. The Morgan fingerprint density at radius 3 is 2.56 bits per heavy atom. The van der Waals surface area contributed by atoms with Gasteiger partial charge in [0.2, 0.25) is 0 Å². The Kier molecular flexibility index (Phi) is 5.38. The molecule has 7 heteroatoms. The monoisotopic (exact) mass is 472 g/mol. The number of likely N-dealkylation sites (N-methyl/N-ethyl adjacent to an activating group) is 1. The Morgan fingerprint density at radius 1 is 1.06 bits per heavy atom. The summed E-state index contributed by atoms with van der Waals surface area (Å²) in [7, 11) is 4.25. The van der Waals surface area contributed by atoms with Crippen molar-refractivity contribution in [3.05, 3.63) is 71.3 Å². The number of fused-ring (bicyclic) bond motifs is 1. The molecule has 174 valence electrons. The summed E-state index contributed by atoms with van der Waals surface area (Å²) in [6.45, 7) is 1.99. The molecule has 0 radical (unpaired) electrons. The summed E-state index contributed by atoms with van der Waals surface area (Å²) in [6, 6.07) is 16.9. The zero-order chi connectivity index (χ0) is 23.2. The van der Waals surface area contributed by atoms with Gasteiger partial charge in [0.05, 0.1) is 18.0 Å². The summed E-state index contributed by atoms with van der Waals surface area (Å²) in [5, 5.41) is 0.968. The van der Waals surface area contributed by atoms with Gasteiger partial charge in [-0.25, -0.2) is 4.98 Å². The molecular formula is C27H28N4O2S. The Bertz CT molecular complexity index is 1370. The molecule has 0 N–H and O–H groups in total. The number of anilines is 1. The summed E-state index contributed by atoms with van der Waals surface area (Å²) in [5.41, 5.74) is 1.88. The van der Waals surface area contributed by atoms with E-state index < -0.39 is 0 Å². The van der Waals surface area contributed by atoms with Gasteiger partial charge in [-0.15, -0.1) is 11.3 Å². The molecule has 0 spiro atoms. The van der Waals surface area contributed by atoms with Crippen molar-refractivity contribution in [2.45, 2.75) is 31.4 Å². The maximum Gasteiger partial charge on any atom is 0.273 e. The van der Waals surface area contributed by atoms with Crippen molar-refractivity contribution in [1.29, 1.82) is 0 Å². The summed E-state index contributed by atoms with van der Waals surface area (Å²) in [5.74, 6) is 1.88. The second-order valence-electron chi connectivity index (χ2n) is 9.45. The van der Waals surface area contributed by atoms with E-state index in [1.165, 1.54) is 11.3 Å². The van der Waals surface area contributed by atoms with Crippen LogP contribution in [-0.2, 0) is 0 Å². The van der Waals surface area contributed by atoms with Crippen molar-refractivity contribution in [2.75, 3.05) is 32.1 Å². The highest BCUT2D eigenvalue weighted by atomic mass is 32.1. The van der Waals surface area contributed by atoms with Crippen molar-refractivity contribution < 1.29 is 4.74 Å². The van der Waals surface area contributed by atoms with Gasteiger partial charge >= 0.3 is 0 Å². The highest BCUT2D eigenvalue weighted by molar-refractivity contribution is 7.22. The quantitative estimate of drug-likeness (QED) is 0.404. The minimum absolute atomic E-state index is 0.00849. The largest absolute Gasteiger partial charge is 0.490 e. The fraction of sp³-hybridized carbons (Fsp3) is 0.333. The first-order valence-electron chi connectivity index (χ1n) is 11.9.